The molecule has 3 nitrogen and oxygen atoms in total. The van der Waals surface area contributed by atoms with Crippen LogP contribution >= 0.6 is 0 Å². The molecule has 0 bridgehead atoms. The molecule has 1 aliphatic heterocycles. The van der Waals surface area contributed by atoms with E-state index in [2.05, 4.69) is 6.92 Å². The first-order chi connectivity index (χ1) is 3.80. The molecule has 2 N–H and O–H groups in total. The maximum absolute atomic E-state index is 5.53. The minimum absolute atomic E-state index is 0.392. The van der Waals surface area contributed by atoms with E-state index >= 15 is 0 Å². The summed E-state index contributed by atoms with van der Waals surface area (Å²) < 4.78 is 5.13. The number of morpholine rings is 1. The molecule has 1 unspecified atom stereocenters. The van der Waals surface area contributed by atoms with Gasteiger partial charge in [-0.1, -0.05) is 0 Å². The number of hydrogen-bond donors (Lipinski definition) is 1. The van der Waals surface area contributed by atoms with Gasteiger partial charge in [-0.05, 0) is 6.92 Å². The second-order valence-corrected chi connectivity index (χ2v) is 2.16. The Labute approximate surface area is 49.4 Å². The third-order valence-corrected chi connectivity index (χ3v) is 1.42. The second kappa shape index (κ2) is 2.44. The fourth-order valence-electron chi connectivity index (χ4n) is 0.740. The summed E-state index contributed by atoms with van der Waals surface area (Å²) in [5.74, 6) is 5.53. The van der Waals surface area contributed by atoms with Crippen LogP contribution in [0.25, 0.3) is 0 Å². The highest BCUT2D eigenvalue weighted by atomic mass is 16.5. The molecule has 0 radical (unpaired) electrons. The summed E-state index contributed by atoms with van der Waals surface area (Å²) in [5, 5.41) is 1.81. The van der Waals surface area contributed by atoms with Gasteiger partial charge in [0.05, 0.1) is 13.2 Å². The Morgan fingerprint density at radius 2 is 2.50 bits per heavy atom. The second-order valence-electron chi connectivity index (χ2n) is 2.16. The van der Waals surface area contributed by atoms with Crippen LogP contribution in [0.4, 0.5) is 0 Å². The van der Waals surface area contributed by atoms with Gasteiger partial charge in [0.2, 0.25) is 0 Å². The molecular weight excluding hydrogens is 104 g/mol. The van der Waals surface area contributed by atoms with Crippen molar-refractivity contribution in [2.75, 3.05) is 19.8 Å². The van der Waals surface area contributed by atoms with Crippen molar-refractivity contribution in [3.63, 3.8) is 0 Å². The summed E-state index contributed by atoms with van der Waals surface area (Å²) in [7, 11) is 0. The summed E-state index contributed by atoms with van der Waals surface area (Å²) >= 11 is 0. The van der Waals surface area contributed by atoms with Gasteiger partial charge in [0.25, 0.3) is 0 Å². The Morgan fingerprint density at radius 3 is 2.88 bits per heavy atom. The van der Waals surface area contributed by atoms with E-state index in [0.29, 0.717) is 6.04 Å². The third-order valence-electron chi connectivity index (χ3n) is 1.42. The Kier molecular flexibility index (Phi) is 1.83. The topological polar surface area (TPSA) is 38.5 Å². The van der Waals surface area contributed by atoms with Crippen molar-refractivity contribution >= 4 is 0 Å². The number of hydrogen-bond acceptors (Lipinski definition) is 3. The zero-order chi connectivity index (χ0) is 5.98. The van der Waals surface area contributed by atoms with Gasteiger partial charge in [0.1, 0.15) is 0 Å². The van der Waals surface area contributed by atoms with Crippen molar-refractivity contribution in [3.8, 4) is 0 Å². The molecule has 0 spiro atoms. The first-order valence-corrected chi connectivity index (χ1v) is 2.90. The molecule has 0 aromatic rings. The Hall–Kier alpha value is -0.120. The van der Waals surface area contributed by atoms with Gasteiger partial charge >= 0.3 is 0 Å². The van der Waals surface area contributed by atoms with Crippen LogP contribution in [0.2, 0.25) is 0 Å². The van der Waals surface area contributed by atoms with Gasteiger partial charge in [0, 0.05) is 12.6 Å². The van der Waals surface area contributed by atoms with Crippen molar-refractivity contribution in [2.24, 2.45) is 5.84 Å². The first-order valence-electron chi connectivity index (χ1n) is 2.90. The van der Waals surface area contributed by atoms with Gasteiger partial charge < -0.3 is 4.74 Å². The summed E-state index contributed by atoms with van der Waals surface area (Å²) in [6.07, 6.45) is 0. The quantitative estimate of drug-likeness (QED) is 0.437. The normalized spacial score (nSPS) is 33.0. The van der Waals surface area contributed by atoms with Crippen LogP contribution in [-0.4, -0.2) is 30.8 Å². The number of rotatable bonds is 0. The van der Waals surface area contributed by atoms with Gasteiger partial charge in [0.15, 0.2) is 0 Å². The van der Waals surface area contributed by atoms with E-state index in [-0.39, 0.29) is 0 Å². The van der Waals surface area contributed by atoms with E-state index in [0.717, 1.165) is 19.8 Å². The molecule has 1 fully saturated rings. The standard InChI is InChI=1S/C5H12N2O/c1-5-4-8-3-2-7(5)6/h5H,2-4,6H2,1H3. The molecule has 0 amide bonds. The van der Waals surface area contributed by atoms with Gasteiger partial charge in [-0.3, -0.25) is 5.84 Å². The highest BCUT2D eigenvalue weighted by molar-refractivity contribution is 4.63. The zero-order valence-corrected chi connectivity index (χ0v) is 5.13. The van der Waals surface area contributed by atoms with Crippen molar-refractivity contribution in [2.45, 2.75) is 13.0 Å². The smallest absolute Gasteiger partial charge is 0.0633 e. The van der Waals surface area contributed by atoms with Crippen molar-refractivity contribution in [3.05, 3.63) is 0 Å². The Morgan fingerprint density at radius 1 is 1.75 bits per heavy atom. The Balaban J connectivity index is 2.28. The monoisotopic (exact) mass is 116 g/mol. The van der Waals surface area contributed by atoms with E-state index in [1.54, 1.807) is 0 Å². The van der Waals surface area contributed by atoms with Gasteiger partial charge in [-0.15, -0.1) is 0 Å². The summed E-state index contributed by atoms with van der Waals surface area (Å²) in [4.78, 5) is 0. The summed E-state index contributed by atoms with van der Waals surface area (Å²) in [6.45, 7) is 4.47. The number of nitrogens with two attached hydrogens (primary N) is 1. The fourth-order valence-corrected chi connectivity index (χ4v) is 0.740. The molecule has 1 atom stereocenters. The maximum Gasteiger partial charge on any atom is 0.0633 e. The van der Waals surface area contributed by atoms with Crippen molar-refractivity contribution in [1.29, 1.82) is 0 Å². The predicted molar refractivity (Wildman–Crippen MR) is 31.2 cm³/mol. The maximum atomic E-state index is 5.53. The minimum Gasteiger partial charge on any atom is -0.378 e. The molecular formula is C5H12N2O. The lowest BCUT2D eigenvalue weighted by Crippen LogP contribution is -2.47. The molecule has 1 aliphatic rings. The van der Waals surface area contributed by atoms with Crippen molar-refractivity contribution < 1.29 is 4.74 Å². The molecule has 48 valence electrons. The van der Waals surface area contributed by atoms with Gasteiger partial charge in [-0.2, -0.15) is 0 Å². The Bertz CT molecular complexity index is 66.8. The van der Waals surface area contributed by atoms with E-state index in [1.165, 1.54) is 0 Å². The van der Waals surface area contributed by atoms with Crippen LogP contribution < -0.4 is 5.84 Å². The van der Waals surface area contributed by atoms with Crippen LogP contribution in [0.15, 0.2) is 0 Å². The van der Waals surface area contributed by atoms with Crippen LogP contribution in [0, 0.1) is 0 Å². The molecule has 0 aromatic carbocycles. The molecule has 1 heterocycles. The number of hydrazine groups is 1. The number of ether oxygens (including phenoxy) is 1. The lowest BCUT2D eigenvalue weighted by Gasteiger charge is -2.28. The minimum atomic E-state index is 0.392. The highest BCUT2D eigenvalue weighted by Crippen LogP contribution is 1.98. The molecule has 8 heavy (non-hydrogen) atoms. The first kappa shape index (κ1) is 6.01. The zero-order valence-electron chi connectivity index (χ0n) is 5.13. The SMILES string of the molecule is CC1COCCN1N. The van der Waals surface area contributed by atoms with Crippen LogP contribution in [0.1, 0.15) is 6.92 Å². The van der Waals surface area contributed by atoms with E-state index in [9.17, 15) is 0 Å². The van der Waals surface area contributed by atoms with Crippen LogP contribution in [-0.2, 0) is 4.74 Å². The molecule has 1 saturated heterocycles. The predicted octanol–water partition coefficient (Wildman–Crippen LogP) is -0.419. The summed E-state index contributed by atoms with van der Waals surface area (Å²) in [5.41, 5.74) is 0. The van der Waals surface area contributed by atoms with Crippen LogP contribution in [0.5, 0.6) is 0 Å². The van der Waals surface area contributed by atoms with Crippen molar-refractivity contribution in [1.82, 2.24) is 5.01 Å². The van der Waals surface area contributed by atoms with E-state index in [4.69, 9.17) is 10.6 Å². The van der Waals surface area contributed by atoms with Crippen LogP contribution in [0.3, 0.4) is 0 Å². The fraction of sp³-hybridized carbons (Fsp3) is 1.00. The molecule has 0 aromatic heterocycles. The van der Waals surface area contributed by atoms with E-state index < -0.39 is 0 Å². The average Bonchev–Trinajstić information content (AvgIpc) is 1.77. The molecule has 3 heteroatoms. The summed E-state index contributed by atoms with van der Waals surface area (Å²) in [6, 6.07) is 0.392. The molecule has 1 rings (SSSR count). The number of nitrogens with zero attached hydrogens (tertiary/aromatic N) is 1. The average molecular weight is 116 g/mol. The molecule has 0 saturated carbocycles. The lowest BCUT2D eigenvalue weighted by molar-refractivity contribution is -0.000660. The third kappa shape index (κ3) is 1.18. The highest BCUT2D eigenvalue weighted by Gasteiger charge is 2.13. The largest absolute Gasteiger partial charge is 0.378 e. The van der Waals surface area contributed by atoms with E-state index in [1.807, 2.05) is 5.01 Å². The molecule has 0 aliphatic carbocycles. The lowest BCUT2D eigenvalue weighted by atomic mass is 10.3. The van der Waals surface area contributed by atoms with Gasteiger partial charge in [-0.25, -0.2) is 5.01 Å².